The molecule has 0 fully saturated rings. The Labute approximate surface area is 189 Å². The fourth-order valence-corrected chi connectivity index (χ4v) is 4.69. The molecule has 32 heavy (non-hydrogen) atoms. The van der Waals surface area contributed by atoms with Crippen LogP contribution < -0.4 is 0 Å². The molecule has 0 saturated heterocycles. The van der Waals surface area contributed by atoms with E-state index in [1.165, 1.54) is 12.5 Å². The molecule has 13 heteroatoms. The first-order valence-electron chi connectivity index (χ1n) is 10.1. The van der Waals surface area contributed by atoms with Crippen LogP contribution in [0.4, 0.5) is 0 Å². The first-order chi connectivity index (χ1) is 14.5. The number of hydrogen-bond acceptors (Lipinski definition) is 8. The van der Waals surface area contributed by atoms with Crippen molar-refractivity contribution < 1.29 is 52.4 Å². The van der Waals surface area contributed by atoms with E-state index in [9.17, 15) is 33.9 Å². The fraction of sp³-hybridized carbons (Fsp3) is 0.737. The molecule has 4 atom stereocenters. The van der Waals surface area contributed by atoms with Gasteiger partial charge in [0, 0.05) is 6.42 Å². The molecular weight excluding hydrogens is 466 g/mol. The van der Waals surface area contributed by atoms with Crippen molar-refractivity contribution in [2.45, 2.75) is 77.9 Å². The van der Waals surface area contributed by atoms with E-state index < -0.39 is 46.3 Å². The van der Waals surface area contributed by atoms with Crippen LogP contribution in [-0.2, 0) is 27.3 Å². The van der Waals surface area contributed by atoms with Gasteiger partial charge in [-0.3, -0.25) is 13.8 Å². The van der Waals surface area contributed by atoms with E-state index in [2.05, 4.69) is 19.4 Å². The molecule has 5 N–H and O–H groups in total. The van der Waals surface area contributed by atoms with Crippen LogP contribution in [-0.4, -0.2) is 56.0 Å². The second-order valence-electron chi connectivity index (χ2n) is 8.09. The normalized spacial score (nSPS) is 18.8. The molecule has 0 aromatic carbocycles. The first kappa shape index (κ1) is 31.1. The van der Waals surface area contributed by atoms with Crippen molar-refractivity contribution in [3.63, 3.8) is 0 Å². The van der Waals surface area contributed by atoms with Crippen LogP contribution in [0.2, 0.25) is 0 Å². The van der Waals surface area contributed by atoms with Crippen molar-refractivity contribution in [2.24, 2.45) is 0 Å². The summed E-state index contributed by atoms with van der Waals surface area (Å²) in [4.78, 5) is 29.8. The highest BCUT2D eigenvalue weighted by molar-refractivity contribution is 7.61. The molecule has 11 nitrogen and oxygen atoms in total. The number of aliphatic hydroxyl groups is 2. The van der Waals surface area contributed by atoms with Gasteiger partial charge in [-0.1, -0.05) is 23.3 Å². The first-order valence-corrected chi connectivity index (χ1v) is 13.1. The SMILES string of the molecule is CC(C)=CCCC(C)=CCOP(=O)(O)OP(=O)(O)OCCCC(O)CC(C)(O)CC(=O)O. The van der Waals surface area contributed by atoms with Gasteiger partial charge in [0.05, 0.1) is 31.3 Å². The fourth-order valence-electron chi connectivity index (χ4n) is 2.65. The molecule has 0 spiro atoms. The second kappa shape index (κ2) is 14.4. The van der Waals surface area contributed by atoms with Gasteiger partial charge in [-0.15, -0.1) is 0 Å². The average molecular weight is 502 g/mol. The van der Waals surface area contributed by atoms with E-state index in [0.29, 0.717) is 0 Å². The molecule has 4 unspecified atom stereocenters. The van der Waals surface area contributed by atoms with Crippen molar-refractivity contribution in [1.29, 1.82) is 0 Å². The summed E-state index contributed by atoms with van der Waals surface area (Å²) in [6, 6.07) is 0. The molecule has 188 valence electrons. The summed E-state index contributed by atoms with van der Waals surface area (Å²) in [5.41, 5.74) is 0.480. The summed E-state index contributed by atoms with van der Waals surface area (Å²) >= 11 is 0. The maximum atomic E-state index is 11.8. The minimum Gasteiger partial charge on any atom is -0.481 e. The van der Waals surface area contributed by atoms with E-state index in [4.69, 9.17) is 5.11 Å². The summed E-state index contributed by atoms with van der Waals surface area (Å²) in [5, 5.41) is 28.4. The Morgan fingerprint density at radius 3 is 2.25 bits per heavy atom. The van der Waals surface area contributed by atoms with E-state index in [1.54, 1.807) is 6.08 Å². The molecule has 0 rings (SSSR count). The number of hydrogen-bond donors (Lipinski definition) is 5. The lowest BCUT2D eigenvalue weighted by Crippen LogP contribution is -2.32. The molecule has 0 aromatic heterocycles. The maximum Gasteiger partial charge on any atom is 0.481 e. The van der Waals surface area contributed by atoms with Crippen LogP contribution in [0.25, 0.3) is 0 Å². The summed E-state index contributed by atoms with van der Waals surface area (Å²) in [6.07, 6.45) is 3.38. The van der Waals surface area contributed by atoms with Crippen molar-refractivity contribution in [2.75, 3.05) is 13.2 Å². The van der Waals surface area contributed by atoms with Gasteiger partial charge < -0.3 is 25.1 Å². The quantitative estimate of drug-likeness (QED) is 0.111. The molecule has 0 aromatic rings. The van der Waals surface area contributed by atoms with E-state index in [0.717, 1.165) is 18.4 Å². The number of carbonyl (C=O) groups is 1. The van der Waals surface area contributed by atoms with Crippen molar-refractivity contribution in [1.82, 2.24) is 0 Å². The van der Waals surface area contributed by atoms with Gasteiger partial charge in [-0.05, 0) is 53.4 Å². The van der Waals surface area contributed by atoms with E-state index >= 15 is 0 Å². The van der Waals surface area contributed by atoms with E-state index in [-0.39, 0.29) is 25.9 Å². The van der Waals surface area contributed by atoms with Crippen LogP contribution in [0.15, 0.2) is 23.3 Å². The zero-order valence-corrected chi connectivity index (χ0v) is 20.8. The largest absolute Gasteiger partial charge is 0.481 e. The topological polar surface area (TPSA) is 180 Å². The Hall–Kier alpha value is -0.870. The summed E-state index contributed by atoms with van der Waals surface area (Å²) in [5.74, 6) is -1.21. The molecule has 0 radical (unpaired) electrons. The number of allylic oxidation sites excluding steroid dienone is 3. The Morgan fingerprint density at radius 2 is 1.69 bits per heavy atom. The minimum atomic E-state index is -4.90. The third-order valence-corrected chi connectivity index (χ3v) is 6.75. The van der Waals surface area contributed by atoms with Crippen molar-refractivity contribution >= 4 is 21.6 Å². The van der Waals surface area contributed by atoms with Crippen LogP contribution in [0.3, 0.4) is 0 Å². The predicted molar refractivity (Wildman–Crippen MR) is 118 cm³/mol. The molecule has 0 aliphatic heterocycles. The second-order valence-corrected chi connectivity index (χ2v) is 11.1. The highest BCUT2D eigenvalue weighted by Crippen LogP contribution is 2.60. The van der Waals surface area contributed by atoms with Gasteiger partial charge >= 0.3 is 21.6 Å². The zero-order valence-electron chi connectivity index (χ0n) is 19.0. The maximum absolute atomic E-state index is 11.8. The summed E-state index contributed by atoms with van der Waals surface area (Å²) in [7, 11) is -9.76. The third kappa shape index (κ3) is 17.7. The lowest BCUT2D eigenvalue weighted by Gasteiger charge is -2.24. The Balaban J connectivity index is 4.35. The molecule has 0 amide bonds. The number of phosphoric ester groups is 2. The van der Waals surface area contributed by atoms with Gasteiger partial charge in [0.2, 0.25) is 0 Å². The number of carboxylic acids is 1. The summed E-state index contributed by atoms with van der Waals surface area (Å²) < 4.78 is 37.2. The molecule has 0 bridgehead atoms. The Bertz CT molecular complexity index is 742. The standard InChI is InChI=1S/C19H36O11P2/c1-15(2)7-5-8-16(3)10-12-29-32(26,27)30-31(24,25)28-11-6-9-17(20)13-19(4,23)14-18(21)22/h7,10,17,20,23H,5-6,8-9,11-14H2,1-4H3,(H,21,22)(H,24,25)(H,26,27). The van der Waals surface area contributed by atoms with Gasteiger partial charge in [-0.2, -0.15) is 4.31 Å². The predicted octanol–water partition coefficient (Wildman–Crippen LogP) is 3.69. The number of aliphatic carboxylic acids is 1. The lowest BCUT2D eigenvalue weighted by atomic mass is 9.93. The zero-order chi connectivity index (χ0) is 25.0. The number of carboxylic acid groups (broad SMARTS) is 1. The highest BCUT2D eigenvalue weighted by Gasteiger charge is 2.35. The molecular formula is C19H36O11P2. The van der Waals surface area contributed by atoms with Crippen molar-refractivity contribution in [3.8, 4) is 0 Å². The lowest BCUT2D eigenvalue weighted by molar-refractivity contribution is -0.142. The van der Waals surface area contributed by atoms with Gasteiger partial charge in [0.15, 0.2) is 0 Å². The Morgan fingerprint density at radius 1 is 1.09 bits per heavy atom. The average Bonchev–Trinajstić information content (AvgIpc) is 2.55. The molecule has 0 aliphatic rings. The highest BCUT2D eigenvalue weighted by atomic mass is 31.3. The van der Waals surface area contributed by atoms with Crippen LogP contribution >= 0.6 is 15.6 Å². The smallest absolute Gasteiger partial charge is 0.481 e. The monoisotopic (exact) mass is 502 g/mol. The summed E-state index contributed by atoms with van der Waals surface area (Å²) in [6.45, 7) is 6.36. The van der Waals surface area contributed by atoms with Gasteiger partial charge in [-0.25, -0.2) is 9.13 Å². The van der Waals surface area contributed by atoms with Crippen LogP contribution in [0, 0.1) is 0 Å². The molecule has 0 heterocycles. The number of aliphatic hydroxyl groups excluding tert-OH is 1. The van der Waals surface area contributed by atoms with Crippen LogP contribution in [0.1, 0.15) is 66.2 Å². The third-order valence-electron chi connectivity index (χ3n) is 4.11. The van der Waals surface area contributed by atoms with Crippen molar-refractivity contribution in [3.05, 3.63) is 23.3 Å². The molecule has 0 saturated carbocycles. The number of phosphoric acid groups is 2. The van der Waals surface area contributed by atoms with Gasteiger partial charge in [0.1, 0.15) is 0 Å². The number of rotatable bonds is 17. The Kier molecular flexibility index (Phi) is 14.0. The molecule has 0 aliphatic carbocycles. The van der Waals surface area contributed by atoms with Gasteiger partial charge in [0.25, 0.3) is 0 Å². The van der Waals surface area contributed by atoms with E-state index in [1.807, 2.05) is 20.8 Å². The minimum absolute atomic E-state index is 0.0276. The van der Waals surface area contributed by atoms with Crippen LogP contribution in [0.5, 0.6) is 0 Å².